The average molecular weight is 146 g/mol. The summed E-state index contributed by atoms with van der Waals surface area (Å²) in [6.07, 6.45) is 1.44. The molecule has 0 heterocycles. The molecule has 10 heavy (non-hydrogen) atoms. The van der Waals surface area contributed by atoms with Gasteiger partial charge in [0.1, 0.15) is 0 Å². The van der Waals surface area contributed by atoms with E-state index in [-0.39, 0.29) is 5.91 Å². The zero-order valence-electron chi connectivity index (χ0n) is 6.22. The zero-order chi connectivity index (χ0) is 7.82. The van der Waals surface area contributed by atoms with Crippen molar-refractivity contribution in [1.29, 1.82) is 0 Å². The highest BCUT2D eigenvalue weighted by Gasteiger charge is 1.95. The Bertz CT molecular complexity index is 95.7. The molecule has 0 fully saturated rings. The van der Waals surface area contributed by atoms with Gasteiger partial charge in [0.05, 0.1) is 6.61 Å². The molecule has 3 N–H and O–H groups in total. The van der Waals surface area contributed by atoms with Crippen molar-refractivity contribution in [2.75, 3.05) is 13.2 Å². The van der Waals surface area contributed by atoms with Crippen LogP contribution in [0.15, 0.2) is 0 Å². The molecular formula is C6H14N2O2. The molecule has 0 spiro atoms. The first-order valence-electron chi connectivity index (χ1n) is 3.39. The SMILES string of the molecule is CCCC(=O)NCCON. The molecule has 60 valence electrons. The third kappa shape index (κ3) is 5.53. The Balaban J connectivity index is 3.05. The van der Waals surface area contributed by atoms with E-state index < -0.39 is 0 Å². The van der Waals surface area contributed by atoms with E-state index in [2.05, 4.69) is 10.2 Å². The van der Waals surface area contributed by atoms with Crippen LogP contribution < -0.4 is 11.2 Å². The van der Waals surface area contributed by atoms with Crippen LogP contribution in [0.3, 0.4) is 0 Å². The molecule has 0 aromatic rings. The fourth-order valence-corrected chi connectivity index (χ4v) is 0.565. The van der Waals surface area contributed by atoms with Crippen LogP contribution in [0.5, 0.6) is 0 Å². The van der Waals surface area contributed by atoms with Crippen molar-refractivity contribution < 1.29 is 9.63 Å². The molecule has 1 amide bonds. The van der Waals surface area contributed by atoms with Gasteiger partial charge in [-0.2, -0.15) is 0 Å². The van der Waals surface area contributed by atoms with Gasteiger partial charge in [0, 0.05) is 13.0 Å². The van der Waals surface area contributed by atoms with Gasteiger partial charge >= 0.3 is 0 Å². The summed E-state index contributed by atoms with van der Waals surface area (Å²) in [4.78, 5) is 15.0. The molecule has 4 nitrogen and oxygen atoms in total. The summed E-state index contributed by atoms with van der Waals surface area (Å²) in [5.41, 5.74) is 0. The largest absolute Gasteiger partial charge is 0.354 e. The van der Waals surface area contributed by atoms with E-state index in [0.717, 1.165) is 6.42 Å². The van der Waals surface area contributed by atoms with E-state index in [1.54, 1.807) is 0 Å². The van der Waals surface area contributed by atoms with Crippen molar-refractivity contribution >= 4 is 5.91 Å². The standard InChI is InChI=1S/C6H14N2O2/c1-2-3-6(9)8-4-5-10-7/h2-5,7H2,1H3,(H,8,9). The maximum Gasteiger partial charge on any atom is 0.220 e. The van der Waals surface area contributed by atoms with Crippen molar-refractivity contribution in [2.24, 2.45) is 5.90 Å². The molecule has 0 saturated heterocycles. The molecular weight excluding hydrogens is 132 g/mol. The molecule has 0 saturated carbocycles. The Kier molecular flexibility index (Phi) is 6.11. The predicted molar refractivity (Wildman–Crippen MR) is 38.1 cm³/mol. The van der Waals surface area contributed by atoms with Crippen LogP contribution >= 0.6 is 0 Å². The summed E-state index contributed by atoms with van der Waals surface area (Å²) >= 11 is 0. The van der Waals surface area contributed by atoms with Gasteiger partial charge in [0.25, 0.3) is 0 Å². The number of hydrogen-bond acceptors (Lipinski definition) is 3. The van der Waals surface area contributed by atoms with Crippen molar-refractivity contribution in [2.45, 2.75) is 19.8 Å². The lowest BCUT2D eigenvalue weighted by Gasteiger charge is -2.01. The summed E-state index contributed by atoms with van der Waals surface area (Å²) in [6, 6.07) is 0. The second-order valence-electron chi connectivity index (χ2n) is 1.97. The van der Waals surface area contributed by atoms with Crippen molar-refractivity contribution in [3.8, 4) is 0 Å². The molecule has 0 unspecified atom stereocenters. The lowest BCUT2D eigenvalue weighted by Crippen LogP contribution is -2.27. The lowest BCUT2D eigenvalue weighted by molar-refractivity contribution is -0.121. The quantitative estimate of drug-likeness (QED) is 0.417. The summed E-state index contributed by atoms with van der Waals surface area (Å²) in [5.74, 6) is 4.79. The van der Waals surface area contributed by atoms with Crippen LogP contribution in [-0.2, 0) is 9.63 Å². The summed E-state index contributed by atoms with van der Waals surface area (Å²) in [6.45, 7) is 2.82. The first kappa shape index (κ1) is 9.39. The normalized spacial score (nSPS) is 9.40. The van der Waals surface area contributed by atoms with Crippen LogP contribution in [0, 0.1) is 0 Å². The van der Waals surface area contributed by atoms with Crippen LogP contribution in [0.1, 0.15) is 19.8 Å². The van der Waals surface area contributed by atoms with E-state index in [9.17, 15) is 4.79 Å². The topological polar surface area (TPSA) is 64.3 Å². The van der Waals surface area contributed by atoms with Crippen molar-refractivity contribution in [3.63, 3.8) is 0 Å². The highest BCUT2D eigenvalue weighted by Crippen LogP contribution is 1.83. The van der Waals surface area contributed by atoms with E-state index >= 15 is 0 Å². The van der Waals surface area contributed by atoms with E-state index in [1.165, 1.54) is 0 Å². The van der Waals surface area contributed by atoms with Gasteiger partial charge < -0.3 is 10.2 Å². The minimum absolute atomic E-state index is 0.0551. The molecule has 0 aromatic carbocycles. The van der Waals surface area contributed by atoms with Crippen LogP contribution in [0.4, 0.5) is 0 Å². The molecule has 0 aromatic heterocycles. The molecule has 0 bridgehead atoms. The number of hydrogen-bond donors (Lipinski definition) is 2. The molecule has 4 heteroatoms. The Morgan fingerprint density at radius 1 is 1.70 bits per heavy atom. The molecule has 0 aliphatic heterocycles. The van der Waals surface area contributed by atoms with Gasteiger partial charge in [-0.25, -0.2) is 5.90 Å². The number of nitrogens with one attached hydrogen (secondary N) is 1. The van der Waals surface area contributed by atoms with Crippen LogP contribution in [-0.4, -0.2) is 19.1 Å². The number of rotatable bonds is 5. The fraction of sp³-hybridized carbons (Fsp3) is 0.833. The minimum atomic E-state index is 0.0551. The Morgan fingerprint density at radius 3 is 2.90 bits per heavy atom. The molecule has 0 aliphatic carbocycles. The number of carbonyl (C=O) groups excluding carboxylic acids is 1. The average Bonchev–Trinajstić information content (AvgIpc) is 1.89. The van der Waals surface area contributed by atoms with E-state index in [4.69, 9.17) is 5.90 Å². The second-order valence-corrected chi connectivity index (χ2v) is 1.97. The maximum atomic E-state index is 10.7. The van der Waals surface area contributed by atoms with Crippen LogP contribution in [0.25, 0.3) is 0 Å². The van der Waals surface area contributed by atoms with Gasteiger partial charge in [0.2, 0.25) is 5.91 Å². The zero-order valence-corrected chi connectivity index (χ0v) is 6.22. The maximum absolute atomic E-state index is 10.7. The Labute approximate surface area is 60.7 Å². The summed E-state index contributed by atoms with van der Waals surface area (Å²) < 4.78 is 0. The second kappa shape index (κ2) is 6.51. The van der Waals surface area contributed by atoms with Crippen molar-refractivity contribution in [3.05, 3.63) is 0 Å². The summed E-state index contributed by atoms with van der Waals surface area (Å²) in [7, 11) is 0. The first-order valence-corrected chi connectivity index (χ1v) is 3.39. The third-order valence-electron chi connectivity index (χ3n) is 1.02. The minimum Gasteiger partial charge on any atom is -0.354 e. The van der Waals surface area contributed by atoms with Crippen LogP contribution in [0.2, 0.25) is 0 Å². The van der Waals surface area contributed by atoms with Gasteiger partial charge in [-0.1, -0.05) is 6.92 Å². The third-order valence-corrected chi connectivity index (χ3v) is 1.02. The highest BCUT2D eigenvalue weighted by atomic mass is 16.6. The van der Waals surface area contributed by atoms with E-state index in [1.807, 2.05) is 6.92 Å². The highest BCUT2D eigenvalue weighted by molar-refractivity contribution is 5.75. The van der Waals surface area contributed by atoms with Crippen molar-refractivity contribution in [1.82, 2.24) is 5.32 Å². The number of carbonyl (C=O) groups is 1. The Hall–Kier alpha value is -0.610. The Morgan fingerprint density at radius 2 is 2.40 bits per heavy atom. The van der Waals surface area contributed by atoms with E-state index in [0.29, 0.717) is 19.6 Å². The van der Waals surface area contributed by atoms with Gasteiger partial charge in [-0.05, 0) is 6.42 Å². The molecule has 0 radical (unpaired) electrons. The van der Waals surface area contributed by atoms with Gasteiger partial charge in [-0.3, -0.25) is 4.79 Å². The lowest BCUT2D eigenvalue weighted by atomic mass is 10.3. The predicted octanol–water partition coefficient (Wildman–Crippen LogP) is -0.207. The summed E-state index contributed by atoms with van der Waals surface area (Å²) in [5, 5.41) is 2.64. The molecule has 0 rings (SSSR count). The molecule has 0 atom stereocenters. The fourth-order valence-electron chi connectivity index (χ4n) is 0.565. The monoisotopic (exact) mass is 146 g/mol. The van der Waals surface area contributed by atoms with Gasteiger partial charge in [-0.15, -0.1) is 0 Å². The molecule has 0 aliphatic rings. The van der Waals surface area contributed by atoms with Gasteiger partial charge in [0.15, 0.2) is 0 Å². The smallest absolute Gasteiger partial charge is 0.220 e. The number of nitrogens with two attached hydrogens (primary N) is 1. The first-order chi connectivity index (χ1) is 4.81. The number of amides is 1.